The van der Waals surface area contributed by atoms with Gasteiger partial charge in [0.2, 0.25) is 0 Å². The van der Waals surface area contributed by atoms with E-state index in [9.17, 15) is 5.11 Å². The van der Waals surface area contributed by atoms with Crippen LogP contribution in [0.1, 0.15) is 32.2 Å². The van der Waals surface area contributed by atoms with Gasteiger partial charge >= 0.3 is 0 Å². The molecule has 5 heteroatoms. The summed E-state index contributed by atoms with van der Waals surface area (Å²) in [6, 6.07) is 0. The van der Waals surface area contributed by atoms with Crippen LogP contribution in [0.5, 0.6) is 0 Å². The molecule has 2 N–H and O–H groups in total. The van der Waals surface area contributed by atoms with Gasteiger partial charge in [0.15, 0.2) is 0 Å². The van der Waals surface area contributed by atoms with Gasteiger partial charge in [-0.3, -0.25) is 0 Å². The molecule has 18 heavy (non-hydrogen) atoms. The molecule has 0 aliphatic heterocycles. The van der Waals surface area contributed by atoms with Crippen LogP contribution in [0.2, 0.25) is 0 Å². The fourth-order valence-electron chi connectivity index (χ4n) is 1.97. The van der Waals surface area contributed by atoms with Crippen molar-refractivity contribution in [3.63, 3.8) is 0 Å². The molecule has 0 saturated carbocycles. The van der Waals surface area contributed by atoms with Crippen LogP contribution >= 0.6 is 0 Å². The standard InChI is InChI=1S/C13H24N4O/c1-7-17(8-13(4,5)18)12-9(2)11(14-6)15-10(3)16-12/h18H,7-8H2,1-6H3,(H,14,15,16). The minimum Gasteiger partial charge on any atom is -0.389 e. The summed E-state index contributed by atoms with van der Waals surface area (Å²) in [5.74, 6) is 2.46. The molecular formula is C13H24N4O. The molecule has 0 atom stereocenters. The van der Waals surface area contributed by atoms with Crippen LogP contribution in [-0.4, -0.2) is 40.8 Å². The van der Waals surface area contributed by atoms with E-state index in [4.69, 9.17) is 0 Å². The molecule has 0 spiro atoms. The van der Waals surface area contributed by atoms with Crippen molar-refractivity contribution >= 4 is 11.6 Å². The van der Waals surface area contributed by atoms with Gasteiger partial charge < -0.3 is 15.3 Å². The lowest BCUT2D eigenvalue weighted by molar-refractivity contribution is 0.0874. The van der Waals surface area contributed by atoms with Crippen molar-refractivity contribution in [3.8, 4) is 0 Å². The maximum Gasteiger partial charge on any atom is 0.137 e. The summed E-state index contributed by atoms with van der Waals surface area (Å²) in [6.45, 7) is 10.9. The molecule has 0 bridgehead atoms. The SMILES string of the molecule is CCN(CC(C)(C)O)c1nc(C)nc(NC)c1C. The van der Waals surface area contributed by atoms with Crippen molar-refractivity contribution in [3.05, 3.63) is 11.4 Å². The van der Waals surface area contributed by atoms with Crippen LogP contribution in [-0.2, 0) is 0 Å². The minimum absolute atomic E-state index is 0.546. The topological polar surface area (TPSA) is 61.3 Å². The van der Waals surface area contributed by atoms with Gasteiger partial charge in [-0.25, -0.2) is 9.97 Å². The Morgan fingerprint density at radius 2 is 1.89 bits per heavy atom. The zero-order valence-electron chi connectivity index (χ0n) is 12.2. The number of hydrogen-bond donors (Lipinski definition) is 2. The average molecular weight is 252 g/mol. The van der Waals surface area contributed by atoms with Gasteiger partial charge in [-0.05, 0) is 34.6 Å². The molecule has 0 radical (unpaired) electrons. The second kappa shape index (κ2) is 5.52. The van der Waals surface area contributed by atoms with Gasteiger partial charge in [-0.15, -0.1) is 0 Å². The molecule has 0 fully saturated rings. The number of rotatable bonds is 5. The molecule has 0 aliphatic rings. The molecule has 0 aromatic carbocycles. The van der Waals surface area contributed by atoms with Crippen molar-refractivity contribution in [2.75, 3.05) is 30.4 Å². The number of aryl methyl sites for hydroxylation is 1. The van der Waals surface area contributed by atoms with E-state index in [0.29, 0.717) is 6.54 Å². The molecular weight excluding hydrogens is 228 g/mol. The summed E-state index contributed by atoms with van der Waals surface area (Å²) in [5.41, 5.74) is 0.260. The smallest absolute Gasteiger partial charge is 0.137 e. The van der Waals surface area contributed by atoms with Gasteiger partial charge in [0.05, 0.1) is 5.60 Å². The Balaban J connectivity index is 3.17. The number of aromatic nitrogens is 2. The number of hydrogen-bond acceptors (Lipinski definition) is 5. The predicted molar refractivity (Wildman–Crippen MR) is 75.2 cm³/mol. The van der Waals surface area contributed by atoms with Gasteiger partial charge in [-0.1, -0.05) is 0 Å². The number of likely N-dealkylation sites (N-methyl/N-ethyl adjacent to an activating group) is 1. The third kappa shape index (κ3) is 3.57. The third-order valence-electron chi connectivity index (χ3n) is 2.73. The van der Waals surface area contributed by atoms with Crippen molar-refractivity contribution in [2.24, 2.45) is 0 Å². The Bertz CT molecular complexity index is 412. The summed E-state index contributed by atoms with van der Waals surface area (Å²) in [4.78, 5) is 10.9. The van der Waals surface area contributed by atoms with Gasteiger partial charge in [0.1, 0.15) is 17.5 Å². The molecule has 0 amide bonds. The first-order valence-electron chi connectivity index (χ1n) is 6.28. The summed E-state index contributed by atoms with van der Waals surface area (Å²) in [6.07, 6.45) is 0. The normalized spacial score (nSPS) is 11.5. The highest BCUT2D eigenvalue weighted by Crippen LogP contribution is 2.24. The Morgan fingerprint density at radius 1 is 1.28 bits per heavy atom. The molecule has 1 heterocycles. The lowest BCUT2D eigenvalue weighted by Crippen LogP contribution is -2.39. The fourth-order valence-corrected chi connectivity index (χ4v) is 1.97. The Hall–Kier alpha value is -1.36. The summed E-state index contributed by atoms with van der Waals surface area (Å²) in [7, 11) is 1.85. The van der Waals surface area contributed by atoms with Gasteiger partial charge in [0.25, 0.3) is 0 Å². The van der Waals surface area contributed by atoms with Crippen LogP contribution in [0.15, 0.2) is 0 Å². The van der Waals surface area contributed by atoms with E-state index >= 15 is 0 Å². The number of anilines is 2. The van der Waals surface area contributed by atoms with Gasteiger partial charge in [0, 0.05) is 25.7 Å². The van der Waals surface area contributed by atoms with E-state index in [1.54, 1.807) is 13.8 Å². The van der Waals surface area contributed by atoms with Crippen molar-refractivity contribution in [2.45, 2.75) is 40.2 Å². The van der Waals surface area contributed by atoms with Crippen molar-refractivity contribution in [1.29, 1.82) is 0 Å². The van der Waals surface area contributed by atoms with Crippen LogP contribution in [0.4, 0.5) is 11.6 Å². The average Bonchev–Trinajstić information content (AvgIpc) is 2.27. The monoisotopic (exact) mass is 252 g/mol. The number of nitrogens with one attached hydrogen (secondary N) is 1. The molecule has 0 aliphatic carbocycles. The summed E-state index contributed by atoms with van der Waals surface area (Å²) < 4.78 is 0. The van der Waals surface area contributed by atoms with Gasteiger partial charge in [-0.2, -0.15) is 0 Å². The molecule has 1 aromatic heterocycles. The van der Waals surface area contributed by atoms with Crippen LogP contribution in [0.3, 0.4) is 0 Å². The zero-order chi connectivity index (χ0) is 13.9. The van der Waals surface area contributed by atoms with Crippen molar-refractivity contribution in [1.82, 2.24) is 9.97 Å². The number of aliphatic hydroxyl groups is 1. The molecule has 0 saturated heterocycles. The van der Waals surface area contributed by atoms with Crippen LogP contribution in [0, 0.1) is 13.8 Å². The summed E-state index contributed by atoms with van der Waals surface area (Å²) in [5, 5.41) is 13.0. The highest BCUT2D eigenvalue weighted by atomic mass is 16.3. The molecule has 1 rings (SSSR count). The van der Waals surface area contributed by atoms with E-state index < -0.39 is 5.60 Å². The molecule has 5 nitrogen and oxygen atoms in total. The third-order valence-corrected chi connectivity index (χ3v) is 2.73. The van der Waals surface area contributed by atoms with Crippen molar-refractivity contribution < 1.29 is 5.11 Å². The zero-order valence-corrected chi connectivity index (χ0v) is 12.2. The Labute approximate surface area is 109 Å². The first-order valence-corrected chi connectivity index (χ1v) is 6.28. The Morgan fingerprint density at radius 3 is 2.33 bits per heavy atom. The predicted octanol–water partition coefficient (Wildman–Crippen LogP) is 1.73. The van der Waals surface area contributed by atoms with E-state index in [0.717, 1.165) is 29.6 Å². The first kappa shape index (κ1) is 14.7. The highest BCUT2D eigenvalue weighted by Gasteiger charge is 2.21. The second-order valence-electron chi connectivity index (χ2n) is 5.14. The largest absolute Gasteiger partial charge is 0.389 e. The van der Waals surface area contributed by atoms with E-state index in [2.05, 4.69) is 27.1 Å². The quantitative estimate of drug-likeness (QED) is 0.835. The maximum atomic E-state index is 9.97. The molecule has 0 unspecified atom stereocenters. The highest BCUT2D eigenvalue weighted by molar-refractivity contribution is 5.58. The molecule has 102 valence electrons. The van der Waals surface area contributed by atoms with E-state index in [-0.39, 0.29) is 0 Å². The fraction of sp³-hybridized carbons (Fsp3) is 0.692. The first-order chi connectivity index (χ1) is 8.28. The Kier molecular flexibility index (Phi) is 4.51. The van der Waals surface area contributed by atoms with E-state index in [1.807, 2.05) is 20.9 Å². The lowest BCUT2D eigenvalue weighted by atomic mass is 10.1. The molecule has 1 aromatic rings. The summed E-state index contributed by atoms with van der Waals surface area (Å²) >= 11 is 0. The minimum atomic E-state index is -0.749. The van der Waals surface area contributed by atoms with Crippen LogP contribution < -0.4 is 10.2 Å². The number of nitrogens with zero attached hydrogens (tertiary/aromatic N) is 3. The maximum absolute atomic E-state index is 9.97. The lowest BCUT2D eigenvalue weighted by Gasteiger charge is -2.30. The second-order valence-corrected chi connectivity index (χ2v) is 5.14. The van der Waals surface area contributed by atoms with Crippen LogP contribution in [0.25, 0.3) is 0 Å². The van der Waals surface area contributed by atoms with E-state index in [1.165, 1.54) is 0 Å².